The van der Waals surface area contributed by atoms with Gasteiger partial charge in [0.15, 0.2) is 0 Å². The predicted octanol–water partition coefficient (Wildman–Crippen LogP) is 5.09. The third kappa shape index (κ3) is 5.08. The Morgan fingerprint density at radius 2 is 1.76 bits per heavy atom. The number of benzene rings is 2. The fourth-order valence-corrected chi connectivity index (χ4v) is 3.46. The average molecular weight is 353 g/mol. The van der Waals surface area contributed by atoms with Crippen molar-refractivity contribution in [1.82, 2.24) is 5.32 Å². The molecule has 0 aliphatic carbocycles. The largest absolute Gasteiger partial charge is 0.483 e. The summed E-state index contributed by atoms with van der Waals surface area (Å²) in [5.41, 5.74) is 2.28. The molecule has 0 fully saturated rings. The lowest BCUT2D eigenvalue weighted by atomic mass is 10.2. The van der Waals surface area contributed by atoms with E-state index in [0.717, 1.165) is 30.9 Å². The molecular formula is C21H24N2OS. The normalized spacial score (nSPS) is 11.9. The molecule has 1 heterocycles. The molecule has 0 aliphatic rings. The van der Waals surface area contributed by atoms with Crippen LogP contribution in [-0.2, 0) is 6.54 Å². The average Bonchev–Trinajstić information content (AvgIpc) is 3.20. The number of rotatable bonds is 9. The Labute approximate surface area is 153 Å². The zero-order chi connectivity index (χ0) is 17.3. The zero-order valence-corrected chi connectivity index (χ0v) is 15.3. The highest BCUT2D eigenvalue weighted by molar-refractivity contribution is 7.10. The minimum Gasteiger partial charge on any atom is -0.483 e. The van der Waals surface area contributed by atoms with Crippen LogP contribution in [0.5, 0.6) is 5.75 Å². The molecule has 0 spiro atoms. The molecule has 1 unspecified atom stereocenters. The van der Waals surface area contributed by atoms with Crippen molar-refractivity contribution in [3.63, 3.8) is 0 Å². The first-order chi connectivity index (χ1) is 12.4. The number of ether oxygens (including phenoxy) is 1. The molecule has 0 radical (unpaired) electrons. The van der Waals surface area contributed by atoms with E-state index in [-0.39, 0.29) is 6.10 Å². The maximum atomic E-state index is 6.39. The van der Waals surface area contributed by atoms with Crippen LogP contribution >= 0.6 is 11.3 Å². The summed E-state index contributed by atoms with van der Waals surface area (Å²) in [4.78, 5) is 1.26. The summed E-state index contributed by atoms with van der Waals surface area (Å²) >= 11 is 1.74. The molecule has 0 aliphatic heterocycles. The van der Waals surface area contributed by atoms with Crippen LogP contribution in [0, 0.1) is 0 Å². The van der Waals surface area contributed by atoms with Gasteiger partial charge in [0.25, 0.3) is 0 Å². The van der Waals surface area contributed by atoms with E-state index in [2.05, 4.69) is 58.5 Å². The monoisotopic (exact) mass is 352 g/mol. The van der Waals surface area contributed by atoms with Crippen molar-refractivity contribution >= 4 is 17.0 Å². The first kappa shape index (κ1) is 17.5. The second kappa shape index (κ2) is 9.25. The van der Waals surface area contributed by atoms with Gasteiger partial charge in [0.2, 0.25) is 0 Å². The summed E-state index contributed by atoms with van der Waals surface area (Å²) in [6.07, 6.45) is 0.997. The van der Waals surface area contributed by atoms with Crippen molar-refractivity contribution in [2.75, 3.05) is 18.9 Å². The number of thiophene rings is 1. The van der Waals surface area contributed by atoms with Gasteiger partial charge >= 0.3 is 0 Å². The van der Waals surface area contributed by atoms with Gasteiger partial charge in [-0.2, -0.15) is 0 Å². The van der Waals surface area contributed by atoms with Crippen LogP contribution in [0.2, 0.25) is 0 Å². The fraction of sp³-hybridized carbons (Fsp3) is 0.238. The topological polar surface area (TPSA) is 33.3 Å². The van der Waals surface area contributed by atoms with Gasteiger partial charge in [-0.25, -0.2) is 0 Å². The number of nitrogens with one attached hydrogen (secondary N) is 2. The Morgan fingerprint density at radius 1 is 0.960 bits per heavy atom. The van der Waals surface area contributed by atoms with Crippen LogP contribution in [-0.4, -0.2) is 13.6 Å². The predicted molar refractivity (Wildman–Crippen MR) is 106 cm³/mol. The number of para-hydroxylation sites is 2. The van der Waals surface area contributed by atoms with Crippen LogP contribution in [0.1, 0.15) is 23.0 Å². The molecule has 130 valence electrons. The molecule has 2 N–H and O–H groups in total. The quantitative estimate of drug-likeness (QED) is 0.563. The number of hydrogen-bond donors (Lipinski definition) is 2. The lowest BCUT2D eigenvalue weighted by molar-refractivity contribution is 0.200. The molecule has 3 nitrogen and oxygen atoms in total. The van der Waals surface area contributed by atoms with E-state index < -0.39 is 0 Å². The summed E-state index contributed by atoms with van der Waals surface area (Å²) in [6, 6.07) is 22.8. The van der Waals surface area contributed by atoms with Crippen LogP contribution in [0.3, 0.4) is 0 Å². The van der Waals surface area contributed by atoms with Crippen LogP contribution in [0.25, 0.3) is 0 Å². The number of hydrogen-bond acceptors (Lipinski definition) is 4. The molecular weight excluding hydrogens is 328 g/mol. The summed E-state index contributed by atoms with van der Waals surface area (Å²) in [5.74, 6) is 0.896. The molecule has 0 bridgehead atoms. The van der Waals surface area contributed by atoms with E-state index >= 15 is 0 Å². The summed E-state index contributed by atoms with van der Waals surface area (Å²) < 4.78 is 6.39. The molecule has 4 heteroatoms. The molecule has 0 amide bonds. The molecule has 0 saturated heterocycles. The highest BCUT2D eigenvalue weighted by atomic mass is 32.1. The Hall–Kier alpha value is -2.30. The van der Waals surface area contributed by atoms with E-state index in [1.54, 1.807) is 11.3 Å². The third-order valence-electron chi connectivity index (χ3n) is 4.00. The first-order valence-corrected chi connectivity index (χ1v) is 9.46. The Balaban J connectivity index is 1.72. The van der Waals surface area contributed by atoms with E-state index in [0.29, 0.717) is 0 Å². The second-order valence-electron chi connectivity index (χ2n) is 5.85. The Bertz CT molecular complexity index is 744. The smallest absolute Gasteiger partial charge is 0.143 e. The molecule has 3 aromatic rings. The standard InChI is InChI=1S/C21H24N2OS/c1-22-14-13-20(21-12-7-15-25-21)24-19-11-6-5-10-18(19)23-16-17-8-3-2-4-9-17/h2-12,15,20,22-23H,13-14,16H2,1H3. The van der Waals surface area contributed by atoms with Crippen LogP contribution in [0.15, 0.2) is 72.1 Å². The van der Waals surface area contributed by atoms with Gasteiger partial charge in [0.1, 0.15) is 11.9 Å². The molecule has 1 aromatic heterocycles. The van der Waals surface area contributed by atoms with Gasteiger partial charge in [0.05, 0.1) is 5.69 Å². The van der Waals surface area contributed by atoms with Gasteiger partial charge in [-0.3, -0.25) is 0 Å². The summed E-state index contributed by atoms with van der Waals surface area (Å²) in [7, 11) is 1.97. The molecule has 2 aromatic carbocycles. The van der Waals surface area contributed by atoms with Crippen molar-refractivity contribution in [2.24, 2.45) is 0 Å². The number of anilines is 1. The van der Waals surface area contributed by atoms with E-state index in [1.165, 1.54) is 10.4 Å². The lowest BCUT2D eigenvalue weighted by Gasteiger charge is -2.20. The van der Waals surface area contributed by atoms with Crippen molar-refractivity contribution in [3.8, 4) is 5.75 Å². The third-order valence-corrected chi connectivity index (χ3v) is 4.96. The Morgan fingerprint density at radius 3 is 2.52 bits per heavy atom. The fourth-order valence-electron chi connectivity index (χ4n) is 2.67. The van der Waals surface area contributed by atoms with Gasteiger partial charge < -0.3 is 15.4 Å². The SMILES string of the molecule is CNCCC(Oc1ccccc1NCc1ccccc1)c1cccs1. The van der Waals surface area contributed by atoms with Gasteiger partial charge in [0, 0.05) is 17.8 Å². The van der Waals surface area contributed by atoms with Gasteiger partial charge in [-0.15, -0.1) is 11.3 Å². The van der Waals surface area contributed by atoms with Gasteiger partial charge in [-0.05, 0) is 42.7 Å². The van der Waals surface area contributed by atoms with E-state index in [4.69, 9.17) is 4.74 Å². The van der Waals surface area contributed by atoms with Crippen molar-refractivity contribution in [1.29, 1.82) is 0 Å². The summed E-state index contributed by atoms with van der Waals surface area (Å²) in [5, 5.41) is 8.82. The highest BCUT2D eigenvalue weighted by Crippen LogP contribution is 2.32. The Kier molecular flexibility index (Phi) is 6.48. The van der Waals surface area contributed by atoms with Crippen LogP contribution in [0.4, 0.5) is 5.69 Å². The minimum absolute atomic E-state index is 0.0622. The zero-order valence-electron chi connectivity index (χ0n) is 14.4. The van der Waals surface area contributed by atoms with E-state index in [1.807, 2.05) is 31.3 Å². The van der Waals surface area contributed by atoms with E-state index in [9.17, 15) is 0 Å². The molecule has 1 atom stereocenters. The second-order valence-corrected chi connectivity index (χ2v) is 6.83. The maximum Gasteiger partial charge on any atom is 0.143 e. The van der Waals surface area contributed by atoms with Gasteiger partial charge in [-0.1, -0.05) is 48.5 Å². The highest BCUT2D eigenvalue weighted by Gasteiger charge is 2.16. The summed E-state index contributed by atoms with van der Waals surface area (Å²) in [6.45, 7) is 1.70. The van der Waals surface area contributed by atoms with Crippen molar-refractivity contribution in [3.05, 3.63) is 82.6 Å². The van der Waals surface area contributed by atoms with Crippen molar-refractivity contribution < 1.29 is 4.74 Å². The van der Waals surface area contributed by atoms with Crippen molar-refractivity contribution in [2.45, 2.75) is 19.1 Å². The maximum absolute atomic E-state index is 6.39. The molecule has 0 saturated carbocycles. The lowest BCUT2D eigenvalue weighted by Crippen LogP contribution is -2.16. The molecule has 3 rings (SSSR count). The first-order valence-electron chi connectivity index (χ1n) is 8.58. The minimum atomic E-state index is 0.0622. The molecule has 25 heavy (non-hydrogen) atoms. The van der Waals surface area contributed by atoms with Crippen LogP contribution < -0.4 is 15.4 Å².